The number of hydrogen-bond acceptors (Lipinski definition) is 3. The number of nitrogens with zero attached hydrogens (tertiary/aromatic N) is 3. The number of alkyl halides is 2. The van der Waals surface area contributed by atoms with Gasteiger partial charge in [-0.05, 0) is 25.1 Å². The fourth-order valence-electron chi connectivity index (χ4n) is 2.33. The number of aromatic nitrogens is 2. The molecule has 0 spiro atoms. The molecule has 0 atom stereocenters. The molecule has 2 aromatic rings. The van der Waals surface area contributed by atoms with Gasteiger partial charge in [-0.15, -0.1) is 0 Å². The molecule has 23 heavy (non-hydrogen) atoms. The zero-order valence-corrected chi connectivity index (χ0v) is 13.2. The first-order valence-electron chi connectivity index (χ1n) is 7.37. The third-order valence-electron chi connectivity index (χ3n) is 3.46. The second-order valence-corrected chi connectivity index (χ2v) is 5.26. The first kappa shape index (κ1) is 17.1. The molecule has 0 fully saturated rings. The lowest BCUT2D eigenvalue weighted by atomic mass is 10.1. The molecule has 2 rings (SSSR count). The number of likely N-dealkylation sites (N-methyl/N-ethyl adjacent to an activating group) is 1. The van der Waals surface area contributed by atoms with Crippen molar-refractivity contribution in [2.75, 3.05) is 18.9 Å². The smallest absolute Gasteiger partial charge is 0.319 e. The van der Waals surface area contributed by atoms with Crippen molar-refractivity contribution in [3.05, 3.63) is 48.0 Å². The second kappa shape index (κ2) is 7.82. The molecule has 1 amide bonds. The van der Waals surface area contributed by atoms with Crippen LogP contribution in [0.3, 0.4) is 0 Å². The number of hydrogen-bond donors (Lipinski definition) is 1. The van der Waals surface area contributed by atoms with E-state index in [1.54, 1.807) is 11.9 Å². The zero-order chi connectivity index (χ0) is 16.8. The number of anilines is 1. The van der Waals surface area contributed by atoms with Crippen molar-refractivity contribution in [2.24, 2.45) is 0 Å². The Balaban J connectivity index is 1.93. The van der Waals surface area contributed by atoms with Crippen molar-refractivity contribution < 1.29 is 13.6 Å². The van der Waals surface area contributed by atoms with E-state index in [1.807, 2.05) is 31.2 Å². The molecule has 0 aliphatic carbocycles. The molecule has 0 aliphatic heterocycles. The van der Waals surface area contributed by atoms with Crippen LogP contribution in [0.2, 0.25) is 0 Å². The Kier molecular flexibility index (Phi) is 5.81. The SMILES string of the molecule is CCc1ccccc1NC(=O)CN(C)Cc1nccn1C(F)F. The van der Waals surface area contributed by atoms with Crippen LogP contribution in [0.4, 0.5) is 14.5 Å². The Hall–Kier alpha value is -2.28. The number of imidazole rings is 1. The van der Waals surface area contributed by atoms with E-state index >= 15 is 0 Å². The first-order chi connectivity index (χ1) is 11.0. The standard InChI is InChI=1S/C16H20F2N4O/c1-3-12-6-4-5-7-13(12)20-15(23)11-21(2)10-14-19-8-9-22(14)16(17)18/h4-9,16H,3,10-11H2,1-2H3,(H,20,23). The molecule has 1 N–H and O–H groups in total. The molecule has 0 aliphatic rings. The highest BCUT2D eigenvalue weighted by molar-refractivity contribution is 5.92. The van der Waals surface area contributed by atoms with Gasteiger partial charge in [0.1, 0.15) is 5.82 Å². The van der Waals surface area contributed by atoms with Crippen LogP contribution >= 0.6 is 0 Å². The fourth-order valence-corrected chi connectivity index (χ4v) is 2.33. The number of aryl methyl sites for hydroxylation is 1. The molecule has 1 heterocycles. The predicted molar refractivity (Wildman–Crippen MR) is 84.3 cm³/mol. The summed E-state index contributed by atoms with van der Waals surface area (Å²) in [4.78, 5) is 17.7. The molecule has 1 aromatic carbocycles. The molecule has 5 nitrogen and oxygen atoms in total. The molecule has 124 valence electrons. The number of benzene rings is 1. The van der Waals surface area contributed by atoms with Crippen LogP contribution in [0.1, 0.15) is 24.9 Å². The minimum Gasteiger partial charge on any atom is -0.325 e. The molecule has 0 unspecified atom stereocenters. The molecule has 0 saturated heterocycles. The van der Waals surface area contributed by atoms with Crippen LogP contribution in [0.15, 0.2) is 36.7 Å². The third-order valence-corrected chi connectivity index (χ3v) is 3.46. The number of amides is 1. The summed E-state index contributed by atoms with van der Waals surface area (Å²) in [6.45, 7) is -0.360. The maximum Gasteiger partial charge on any atom is 0.319 e. The van der Waals surface area contributed by atoms with Crippen molar-refractivity contribution in [1.82, 2.24) is 14.5 Å². The van der Waals surface area contributed by atoms with Gasteiger partial charge in [-0.1, -0.05) is 25.1 Å². The molecule has 0 bridgehead atoms. The molecule has 0 radical (unpaired) electrons. The van der Waals surface area contributed by atoms with Gasteiger partial charge in [0, 0.05) is 18.1 Å². The van der Waals surface area contributed by atoms with Gasteiger partial charge in [-0.3, -0.25) is 14.3 Å². The molecule has 0 saturated carbocycles. The summed E-state index contributed by atoms with van der Waals surface area (Å²) in [6.07, 6.45) is 3.37. The van der Waals surface area contributed by atoms with E-state index in [-0.39, 0.29) is 24.8 Å². The van der Waals surface area contributed by atoms with Gasteiger partial charge in [0.25, 0.3) is 0 Å². The lowest BCUT2D eigenvalue weighted by Gasteiger charge is -2.17. The van der Waals surface area contributed by atoms with E-state index in [0.29, 0.717) is 0 Å². The fraction of sp³-hybridized carbons (Fsp3) is 0.375. The van der Waals surface area contributed by atoms with Crippen molar-refractivity contribution in [3.8, 4) is 0 Å². The quantitative estimate of drug-likeness (QED) is 0.853. The average molecular weight is 322 g/mol. The monoisotopic (exact) mass is 322 g/mol. The number of rotatable bonds is 7. The van der Waals surface area contributed by atoms with Gasteiger partial charge in [0.2, 0.25) is 5.91 Å². The highest BCUT2D eigenvalue weighted by Crippen LogP contribution is 2.16. The summed E-state index contributed by atoms with van der Waals surface area (Å²) in [5.41, 5.74) is 1.83. The number of carbonyl (C=O) groups excluding carboxylic acids is 1. The molecule has 1 aromatic heterocycles. The summed E-state index contributed by atoms with van der Waals surface area (Å²) in [5, 5.41) is 2.85. The minimum atomic E-state index is -2.63. The topological polar surface area (TPSA) is 50.2 Å². The van der Waals surface area contributed by atoms with Crippen LogP contribution in [-0.4, -0.2) is 34.0 Å². The maximum absolute atomic E-state index is 12.8. The Morgan fingerprint density at radius 1 is 1.39 bits per heavy atom. The van der Waals surface area contributed by atoms with Crippen LogP contribution in [-0.2, 0) is 17.8 Å². The van der Waals surface area contributed by atoms with E-state index in [2.05, 4.69) is 10.3 Å². The Bertz CT molecular complexity index is 657. The third kappa shape index (κ3) is 4.59. The van der Waals surface area contributed by atoms with Crippen LogP contribution in [0.5, 0.6) is 0 Å². The largest absolute Gasteiger partial charge is 0.325 e. The average Bonchev–Trinajstić information content (AvgIpc) is 2.95. The van der Waals surface area contributed by atoms with Gasteiger partial charge in [0.15, 0.2) is 0 Å². The zero-order valence-electron chi connectivity index (χ0n) is 13.2. The number of halogens is 2. The Morgan fingerprint density at radius 3 is 2.83 bits per heavy atom. The summed E-state index contributed by atoms with van der Waals surface area (Å²) in [6, 6.07) is 7.59. The van der Waals surface area contributed by atoms with Crippen LogP contribution in [0, 0.1) is 0 Å². The highest BCUT2D eigenvalue weighted by Gasteiger charge is 2.15. The van der Waals surface area contributed by atoms with Crippen LogP contribution in [0.25, 0.3) is 0 Å². The van der Waals surface area contributed by atoms with E-state index in [4.69, 9.17) is 0 Å². The van der Waals surface area contributed by atoms with Gasteiger partial charge >= 0.3 is 6.55 Å². The number of para-hydroxylation sites is 1. The first-order valence-corrected chi connectivity index (χ1v) is 7.37. The lowest BCUT2D eigenvalue weighted by molar-refractivity contribution is -0.117. The van der Waals surface area contributed by atoms with Gasteiger partial charge < -0.3 is 5.32 Å². The van der Waals surface area contributed by atoms with Crippen molar-refractivity contribution in [2.45, 2.75) is 26.4 Å². The second-order valence-electron chi connectivity index (χ2n) is 5.26. The van der Waals surface area contributed by atoms with Crippen molar-refractivity contribution in [3.63, 3.8) is 0 Å². The molecular formula is C16H20F2N4O. The van der Waals surface area contributed by atoms with Gasteiger partial charge in [-0.2, -0.15) is 8.78 Å². The van der Waals surface area contributed by atoms with E-state index in [0.717, 1.165) is 22.2 Å². The lowest BCUT2D eigenvalue weighted by Crippen LogP contribution is -2.31. The molecule has 7 heteroatoms. The van der Waals surface area contributed by atoms with Gasteiger partial charge in [0.05, 0.1) is 13.1 Å². The minimum absolute atomic E-state index is 0.0914. The number of nitrogens with one attached hydrogen (secondary N) is 1. The Labute approximate surface area is 133 Å². The number of carbonyl (C=O) groups is 1. The summed E-state index contributed by atoms with van der Waals surface area (Å²) >= 11 is 0. The van der Waals surface area contributed by atoms with Gasteiger partial charge in [-0.25, -0.2) is 4.98 Å². The predicted octanol–water partition coefficient (Wildman–Crippen LogP) is 2.91. The summed E-state index contributed by atoms with van der Waals surface area (Å²) < 4.78 is 26.3. The van der Waals surface area contributed by atoms with Crippen molar-refractivity contribution in [1.29, 1.82) is 0 Å². The summed E-state index contributed by atoms with van der Waals surface area (Å²) in [5.74, 6) is 0.0350. The summed E-state index contributed by atoms with van der Waals surface area (Å²) in [7, 11) is 1.69. The van der Waals surface area contributed by atoms with E-state index < -0.39 is 6.55 Å². The Morgan fingerprint density at radius 2 is 2.13 bits per heavy atom. The maximum atomic E-state index is 12.8. The van der Waals surface area contributed by atoms with E-state index in [1.165, 1.54) is 12.4 Å². The van der Waals surface area contributed by atoms with Crippen LogP contribution < -0.4 is 5.32 Å². The van der Waals surface area contributed by atoms with Crippen molar-refractivity contribution >= 4 is 11.6 Å². The van der Waals surface area contributed by atoms with E-state index in [9.17, 15) is 13.6 Å². The highest BCUT2D eigenvalue weighted by atomic mass is 19.3. The normalized spacial score (nSPS) is 11.2. The molecular weight excluding hydrogens is 302 g/mol.